The van der Waals surface area contributed by atoms with Crippen molar-refractivity contribution < 1.29 is 17.8 Å². The Morgan fingerprint density at radius 1 is 1.52 bits per heavy atom. The number of pyridine rings is 1. The quantitative estimate of drug-likeness (QED) is 0.330. The zero-order chi connectivity index (χ0) is 16.0. The van der Waals surface area contributed by atoms with E-state index < -0.39 is 17.7 Å². The van der Waals surface area contributed by atoms with Gasteiger partial charge in [-0.1, -0.05) is 17.7 Å². The van der Waals surface area contributed by atoms with E-state index in [9.17, 15) is 10.0 Å². The Labute approximate surface area is 143 Å². The fraction of sp³-hybridized carbons (Fsp3) is 0.538. The van der Waals surface area contributed by atoms with E-state index in [1.54, 1.807) is 55.9 Å². The molecule has 0 aromatic carbocycles. The topological polar surface area (TPSA) is 71.9 Å². The zero-order valence-corrected chi connectivity index (χ0v) is 15.0. The maximum atomic E-state index is 12.0. The van der Waals surface area contributed by atoms with Gasteiger partial charge in [0.1, 0.15) is 33.8 Å². The first kappa shape index (κ1) is 18.4. The maximum Gasteiger partial charge on any atom is 0.434 e. The molecule has 1 aromatic rings. The molecule has 0 saturated heterocycles. The van der Waals surface area contributed by atoms with Crippen molar-refractivity contribution in [1.29, 1.82) is 0 Å². The van der Waals surface area contributed by atoms with E-state index in [1.807, 2.05) is 0 Å². The van der Waals surface area contributed by atoms with Gasteiger partial charge in [0.25, 0.3) is 0 Å². The number of hydrogen-bond donors (Lipinski definition) is 1. The van der Waals surface area contributed by atoms with E-state index in [0.29, 0.717) is 28.8 Å². The highest BCUT2D eigenvalue weighted by molar-refractivity contribution is 14.1. The van der Waals surface area contributed by atoms with E-state index in [1.165, 1.54) is 6.20 Å². The van der Waals surface area contributed by atoms with Crippen molar-refractivity contribution in [3.63, 3.8) is 0 Å². The predicted octanol–water partition coefficient (Wildman–Crippen LogP) is 4.16. The summed E-state index contributed by atoms with van der Waals surface area (Å²) in [5, 5.41) is 11.0. The van der Waals surface area contributed by atoms with Crippen LogP contribution in [0.15, 0.2) is 18.3 Å². The zero-order valence-electron chi connectivity index (χ0n) is 12.0. The molecule has 1 heterocycles. The van der Waals surface area contributed by atoms with Crippen LogP contribution in [0.3, 0.4) is 0 Å². The van der Waals surface area contributed by atoms with Crippen LogP contribution >= 0.6 is 34.6 Å². The van der Waals surface area contributed by atoms with E-state index in [0.717, 1.165) is 0 Å². The lowest BCUT2D eigenvalue weighted by molar-refractivity contribution is -0.124. The normalized spacial score (nSPS) is 12.9. The summed E-state index contributed by atoms with van der Waals surface area (Å²) in [5.74, 6) is 0. The van der Waals surface area contributed by atoms with Crippen molar-refractivity contribution in [2.45, 2.75) is 38.8 Å². The Morgan fingerprint density at radius 2 is 2.19 bits per heavy atom. The monoisotopic (exact) mass is 428 g/mol. The van der Waals surface area contributed by atoms with Crippen LogP contribution in [0.5, 0.6) is 0 Å². The first-order valence-corrected chi connectivity index (χ1v) is 7.56. The molecule has 0 radical (unpaired) electrons. The third-order valence-electron chi connectivity index (χ3n) is 2.48. The number of carbonyl (C=O) groups excluding carboxylic acids is 1. The van der Waals surface area contributed by atoms with Gasteiger partial charge in [-0.25, -0.2) is 9.78 Å². The Kier molecular flexibility index (Phi) is 7.11. The van der Waals surface area contributed by atoms with Crippen molar-refractivity contribution in [1.82, 2.24) is 10.0 Å². The largest absolute Gasteiger partial charge is 0.442 e. The van der Waals surface area contributed by atoms with Crippen LogP contribution in [-0.2, 0) is 7.80 Å². The van der Waals surface area contributed by atoms with Crippen LogP contribution in [0.1, 0.15) is 38.8 Å². The SMILES string of the molecule is CC(C)(C)OC(=O)N(O)C(CCOI)c1ccc(Cl)nc1. The highest BCUT2D eigenvalue weighted by Crippen LogP contribution is 2.25. The number of nitrogens with zero attached hydrogens (tertiary/aromatic N) is 2. The van der Waals surface area contributed by atoms with Gasteiger partial charge >= 0.3 is 6.09 Å². The summed E-state index contributed by atoms with van der Waals surface area (Å²) in [6.45, 7) is 5.54. The summed E-state index contributed by atoms with van der Waals surface area (Å²) in [6.07, 6.45) is 1.08. The van der Waals surface area contributed by atoms with Crippen LogP contribution in [0.4, 0.5) is 4.79 Å². The molecule has 0 spiro atoms. The summed E-state index contributed by atoms with van der Waals surface area (Å²) < 4.78 is 10.1. The van der Waals surface area contributed by atoms with Crippen molar-refractivity contribution >= 4 is 40.7 Å². The number of carbonyl (C=O) groups is 1. The summed E-state index contributed by atoms with van der Waals surface area (Å²) in [7, 11) is 0. The minimum atomic E-state index is -0.823. The smallest absolute Gasteiger partial charge is 0.434 e. The highest BCUT2D eigenvalue weighted by atomic mass is 127. The van der Waals surface area contributed by atoms with Crippen LogP contribution in [-0.4, -0.2) is 33.6 Å². The number of aromatic nitrogens is 1. The number of ether oxygens (including phenoxy) is 1. The second-order valence-electron chi connectivity index (χ2n) is 5.36. The summed E-state index contributed by atoms with van der Waals surface area (Å²) in [6, 6.07) is 2.66. The minimum Gasteiger partial charge on any atom is -0.442 e. The maximum absolute atomic E-state index is 12.0. The Hall–Kier alpha value is -0.640. The molecular formula is C13H18ClIN2O4. The van der Waals surface area contributed by atoms with Gasteiger partial charge in [-0.15, -0.1) is 0 Å². The van der Waals surface area contributed by atoms with Gasteiger partial charge in [-0.2, -0.15) is 5.06 Å². The van der Waals surface area contributed by atoms with E-state index >= 15 is 0 Å². The van der Waals surface area contributed by atoms with Crippen molar-refractivity contribution in [2.75, 3.05) is 6.61 Å². The number of rotatable bonds is 5. The second kappa shape index (κ2) is 8.11. The fourth-order valence-corrected chi connectivity index (χ4v) is 1.97. The molecule has 0 bridgehead atoms. The highest BCUT2D eigenvalue weighted by Gasteiger charge is 2.28. The average molecular weight is 429 g/mol. The lowest BCUT2D eigenvalue weighted by atomic mass is 10.1. The van der Waals surface area contributed by atoms with E-state index in [-0.39, 0.29) is 0 Å². The number of amides is 1. The molecule has 118 valence electrons. The molecule has 0 aliphatic rings. The van der Waals surface area contributed by atoms with Gasteiger partial charge in [0, 0.05) is 6.20 Å². The first-order valence-electron chi connectivity index (χ1n) is 6.30. The molecule has 1 atom stereocenters. The third-order valence-corrected chi connectivity index (χ3v) is 3.14. The summed E-state index contributed by atoms with van der Waals surface area (Å²) >= 11 is 7.50. The van der Waals surface area contributed by atoms with Gasteiger partial charge < -0.3 is 7.80 Å². The molecule has 0 fully saturated rings. The van der Waals surface area contributed by atoms with Gasteiger partial charge in [-0.05, 0) is 38.8 Å². The van der Waals surface area contributed by atoms with Gasteiger partial charge in [0.2, 0.25) is 0 Å². The Morgan fingerprint density at radius 3 is 2.67 bits per heavy atom. The van der Waals surface area contributed by atoms with E-state index in [4.69, 9.17) is 19.4 Å². The van der Waals surface area contributed by atoms with Crippen LogP contribution < -0.4 is 0 Å². The fourth-order valence-electron chi connectivity index (χ4n) is 1.61. The molecule has 1 N–H and O–H groups in total. The standard InChI is InChI=1S/C13H18ClIN2O4/c1-13(2,3)21-12(18)17(19)10(6-7-20-15)9-4-5-11(14)16-8-9/h4-5,8,10,19H,6-7H2,1-3H3. The van der Waals surface area contributed by atoms with Gasteiger partial charge in [0.15, 0.2) is 0 Å². The van der Waals surface area contributed by atoms with Gasteiger partial charge in [-0.3, -0.25) is 5.21 Å². The predicted molar refractivity (Wildman–Crippen MR) is 86.4 cm³/mol. The number of halogens is 2. The molecule has 1 aromatic heterocycles. The van der Waals surface area contributed by atoms with Crippen molar-refractivity contribution in [3.05, 3.63) is 29.0 Å². The summed E-state index contributed by atoms with van der Waals surface area (Å²) in [5.41, 5.74) is -0.0538. The van der Waals surface area contributed by atoms with Crippen molar-refractivity contribution in [3.8, 4) is 0 Å². The molecule has 21 heavy (non-hydrogen) atoms. The van der Waals surface area contributed by atoms with Crippen LogP contribution in [0.25, 0.3) is 0 Å². The molecule has 0 saturated carbocycles. The first-order chi connectivity index (χ1) is 9.74. The molecule has 1 rings (SSSR count). The van der Waals surface area contributed by atoms with Crippen LogP contribution in [0.2, 0.25) is 5.15 Å². The van der Waals surface area contributed by atoms with Gasteiger partial charge in [0.05, 0.1) is 12.6 Å². The van der Waals surface area contributed by atoms with Crippen LogP contribution in [0, 0.1) is 0 Å². The molecule has 1 unspecified atom stereocenters. The number of hydroxylamine groups is 2. The molecular weight excluding hydrogens is 411 g/mol. The average Bonchev–Trinajstić information content (AvgIpc) is 2.39. The minimum absolute atomic E-state index is 0.337. The molecule has 1 amide bonds. The Balaban J connectivity index is 2.90. The molecule has 0 aliphatic carbocycles. The summed E-state index contributed by atoms with van der Waals surface area (Å²) in [4.78, 5) is 15.9. The molecule has 6 nitrogen and oxygen atoms in total. The third kappa shape index (κ3) is 6.33. The lowest BCUT2D eigenvalue weighted by Gasteiger charge is -2.28. The van der Waals surface area contributed by atoms with E-state index in [2.05, 4.69) is 4.98 Å². The molecule has 8 heteroatoms. The molecule has 0 aliphatic heterocycles. The number of hydrogen-bond acceptors (Lipinski definition) is 5. The van der Waals surface area contributed by atoms with Crippen molar-refractivity contribution in [2.24, 2.45) is 0 Å². The second-order valence-corrected chi connectivity index (χ2v) is 6.37. The Bertz CT molecular complexity index is 464. The lowest BCUT2D eigenvalue weighted by Crippen LogP contribution is -2.37.